The Labute approximate surface area is 128 Å². The van der Waals surface area contributed by atoms with Gasteiger partial charge in [0.2, 0.25) is 0 Å². The average molecular weight is 306 g/mol. The highest BCUT2D eigenvalue weighted by Crippen LogP contribution is 2.28. The highest BCUT2D eigenvalue weighted by atomic mass is 16.6. The molecule has 22 heavy (non-hydrogen) atoms. The number of carbonyl (C=O) groups is 2. The number of carbonyl (C=O) groups excluding carboxylic acids is 2. The smallest absolute Gasteiger partial charge is 0.353 e. The Morgan fingerprint density at radius 3 is 2.36 bits per heavy atom. The molecule has 1 saturated heterocycles. The minimum atomic E-state index is -1.94. The van der Waals surface area contributed by atoms with Crippen LogP contribution in [0.4, 0.5) is 0 Å². The van der Waals surface area contributed by atoms with Crippen molar-refractivity contribution in [3.8, 4) is 0 Å². The number of benzene rings is 1. The zero-order valence-electron chi connectivity index (χ0n) is 12.5. The van der Waals surface area contributed by atoms with Crippen LogP contribution in [-0.2, 0) is 28.5 Å². The Balaban J connectivity index is 2.34. The van der Waals surface area contributed by atoms with E-state index in [1.807, 2.05) is 30.3 Å². The summed E-state index contributed by atoms with van der Waals surface area (Å²) in [5.74, 6) is -1.69. The summed E-state index contributed by atoms with van der Waals surface area (Å²) in [7, 11) is 2.37. The zero-order chi connectivity index (χ0) is 16.0. The van der Waals surface area contributed by atoms with Gasteiger partial charge < -0.3 is 18.9 Å². The minimum absolute atomic E-state index is 0.0971. The molecule has 6 heteroatoms. The van der Waals surface area contributed by atoms with Crippen LogP contribution in [0.25, 0.3) is 6.08 Å². The molecule has 1 aromatic carbocycles. The number of rotatable bonds is 4. The molecular weight excluding hydrogens is 288 g/mol. The van der Waals surface area contributed by atoms with Crippen LogP contribution in [0.1, 0.15) is 5.56 Å². The van der Waals surface area contributed by atoms with E-state index >= 15 is 0 Å². The summed E-state index contributed by atoms with van der Waals surface area (Å²) in [5, 5.41) is 0. The maximum absolute atomic E-state index is 12.1. The van der Waals surface area contributed by atoms with Crippen LogP contribution in [0.15, 0.2) is 36.4 Å². The van der Waals surface area contributed by atoms with Crippen molar-refractivity contribution < 1.29 is 28.5 Å². The predicted octanol–water partition coefficient (Wildman–Crippen LogP) is 1.20. The number of ether oxygens (including phenoxy) is 4. The maximum atomic E-state index is 12.1. The van der Waals surface area contributed by atoms with E-state index in [4.69, 9.17) is 18.9 Å². The molecule has 1 heterocycles. The van der Waals surface area contributed by atoms with Gasteiger partial charge in [-0.15, -0.1) is 0 Å². The quantitative estimate of drug-likeness (QED) is 0.615. The SMILES string of the molecule is COC(=O)C1(C(=O)OC)OCCOC1/C=C/c1ccccc1. The van der Waals surface area contributed by atoms with E-state index in [2.05, 4.69) is 0 Å². The Morgan fingerprint density at radius 2 is 1.77 bits per heavy atom. The first-order valence-corrected chi connectivity index (χ1v) is 6.80. The standard InChI is InChI=1S/C16H18O6/c1-19-14(17)16(15(18)20-2)13(21-10-11-22-16)9-8-12-6-4-3-5-7-12/h3-9,13H,10-11H2,1-2H3/b9-8+. The van der Waals surface area contributed by atoms with Crippen molar-refractivity contribution in [1.29, 1.82) is 0 Å². The lowest BCUT2D eigenvalue weighted by molar-refractivity contribution is -0.222. The second kappa shape index (κ2) is 7.20. The summed E-state index contributed by atoms with van der Waals surface area (Å²) < 4.78 is 20.4. The summed E-state index contributed by atoms with van der Waals surface area (Å²) in [6.07, 6.45) is 2.42. The minimum Gasteiger partial charge on any atom is -0.466 e. The van der Waals surface area contributed by atoms with Crippen LogP contribution in [0, 0.1) is 0 Å². The highest BCUT2D eigenvalue weighted by molar-refractivity contribution is 6.05. The lowest BCUT2D eigenvalue weighted by Crippen LogP contribution is -2.62. The first-order valence-electron chi connectivity index (χ1n) is 6.80. The number of esters is 2. The van der Waals surface area contributed by atoms with Crippen molar-refractivity contribution in [2.24, 2.45) is 0 Å². The summed E-state index contributed by atoms with van der Waals surface area (Å²) in [4.78, 5) is 24.3. The normalized spacial score (nSPS) is 20.5. The molecule has 1 aromatic rings. The van der Waals surface area contributed by atoms with Gasteiger partial charge in [0.25, 0.3) is 5.60 Å². The van der Waals surface area contributed by atoms with Crippen molar-refractivity contribution in [1.82, 2.24) is 0 Å². The highest BCUT2D eigenvalue weighted by Gasteiger charge is 2.58. The lowest BCUT2D eigenvalue weighted by atomic mass is 9.94. The van der Waals surface area contributed by atoms with Crippen molar-refractivity contribution in [3.63, 3.8) is 0 Å². The third-order valence-corrected chi connectivity index (χ3v) is 3.35. The third kappa shape index (κ3) is 3.03. The van der Waals surface area contributed by atoms with Gasteiger partial charge in [-0.3, -0.25) is 0 Å². The largest absolute Gasteiger partial charge is 0.466 e. The van der Waals surface area contributed by atoms with E-state index in [-0.39, 0.29) is 13.2 Å². The van der Waals surface area contributed by atoms with Crippen LogP contribution >= 0.6 is 0 Å². The van der Waals surface area contributed by atoms with E-state index in [1.54, 1.807) is 12.2 Å². The Morgan fingerprint density at radius 1 is 1.14 bits per heavy atom. The predicted molar refractivity (Wildman–Crippen MR) is 77.9 cm³/mol. The molecule has 0 radical (unpaired) electrons. The molecule has 6 nitrogen and oxygen atoms in total. The van der Waals surface area contributed by atoms with Crippen molar-refractivity contribution in [2.75, 3.05) is 27.4 Å². The van der Waals surface area contributed by atoms with Crippen molar-refractivity contribution in [3.05, 3.63) is 42.0 Å². The number of hydrogen-bond acceptors (Lipinski definition) is 6. The molecule has 2 rings (SSSR count). The molecule has 1 aliphatic heterocycles. The van der Waals surface area contributed by atoms with Gasteiger partial charge in [0.1, 0.15) is 6.10 Å². The summed E-state index contributed by atoms with van der Waals surface area (Å²) >= 11 is 0. The Bertz CT molecular complexity index is 535. The zero-order valence-corrected chi connectivity index (χ0v) is 12.5. The molecular formula is C16H18O6. The fourth-order valence-electron chi connectivity index (χ4n) is 2.27. The van der Waals surface area contributed by atoms with Crippen LogP contribution in [0.3, 0.4) is 0 Å². The maximum Gasteiger partial charge on any atom is 0.353 e. The molecule has 0 N–H and O–H groups in total. The monoisotopic (exact) mass is 306 g/mol. The first-order chi connectivity index (χ1) is 10.6. The van der Waals surface area contributed by atoms with Gasteiger partial charge in [0.05, 0.1) is 27.4 Å². The first kappa shape index (κ1) is 16.2. The Hall–Kier alpha value is -2.18. The van der Waals surface area contributed by atoms with Crippen molar-refractivity contribution >= 4 is 18.0 Å². The van der Waals surface area contributed by atoms with E-state index in [0.29, 0.717) is 0 Å². The van der Waals surface area contributed by atoms with Gasteiger partial charge in [0, 0.05) is 0 Å². The fourth-order valence-corrected chi connectivity index (χ4v) is 2.27. The van der Waals surface area contributed by atoms with E-state index in [1.165, 1.54) is 14.2 Å². The second-order valence-corrected chi connectivity index (χ2v) is 4.63. The van der Waals surface area contributed by atoms with Gasteiger partial charge in [-0.05, 0) is 5.56 Å². The molecule has 118 valence electrons. The molecule has 0 aromatic heterocycles. The molecule has 0 amide bonds. The molecule has 0 bridgehead atoms. The van der Waals surface area contributed by atoms with Gasteiger partial charge >= 0.3 is 11.9 Å². The van der Waals surface area contributed by atoms with Crippen molar-refractivity contribution in [2.45, 2.75) is 11.7 Å². The van der Waals surface area contributed by atoms with Crippen LogP contribution < -0.4 is 0 Å². The summed E-state index contributed by atoms with van der Waals surface area (Å²) in [6, 6.07) is 9.43. The number of hydrogen-bond donors (Lipinski definition) is 0. The topological polar surface area (TPSA) is 71.1 Å². The van der Waals surface area contributed by atoms with Crippen LogP contribution in [0.5, 0.6) is 0 Å². The van der Waals surface area contributed by atoms with Gasteiger partial charge in [0.15, 0.2) is 0 Å². The van der Waals surface area contributed by atoms with E-state index < -0.39 is 23.6 Å². The van der Waals surface area contributed by atoms with Crippen LogP contribution in [-0.4, -0.2) is 51.1 Å². The van der Waals surface area contributed by atoms with Gasteiger partial charge in [-0.1, -0.05) is 42.5 Å². The fraction of sp³-hybridized carbons (Fsp3) is 0.375. The molecule has 1 fully saturated rings. The van der Waals surface area contributed by atoms with Gasteiger partial charge in [-0.2, -0.15) is 0 Å². The summed E-state index contributed by atoms with van der Waals surface area (Å²) in [6.45, 7) is 0.361. The lowest BCUT2D eigenvalue weighted by Gasteiger charge is -2.37. The van der Waals surface area contributed by atoms with E-state index in [9.17, 15) is 9.59 Å². The van der Waals surface area contributed by atoms with Gasteiger partial charge in [-0.25, -0.2) is 9.59 Å². The molecule has 0 spiro atoms. The number of methoxy groups -OCH3 is 2. The van der Waals surface area contributed by atoms with E-state index in [0.717, 1.165) is 5.56 Å². The molecule has 1 atom stereocenters. The second-order valence-electron chi connectivity index (χ2n) is 4.63. The third-order valence-electron chi connectivity index (χ3n) is 3.35. The van der Waals surface area contributed by atoms with Crippen LogP contribution in [0.2, 0.25) is 0 Å². The molecule has 0 saturated carbocycles. The summed E-state index contributed by atoms with van der Waals surface area (Å²) in [5.41, 5.74) is -1.03. The molecule has 1 unspecified atom stereocenters. The molecule has 0 aliphatic carbocycles. The average Bonchev–Trinajstić information content (AvgIpc) is 2.59. The molecule has 1 aliphatic rings. The Kier molecular flexibility index (Phi) is 5.30.